The number of rotatable bonds is 2. The number of benzene rings is 1. The standard InChI is InChI=1S/C11H16FN3/c1-7(2)11(15-13)14-9-6-4-5-8(3)10(9)12/h4-7H,13H2,1-3H3,(H,14,15). The summed E-state index contributed by atoms with van der Waals surface area (Å²) >= 11 is 0. The first-order chi connectivity index (χ1) is 7.06. The minimum Gasteiger partial charge on any atom is -0.312 e. The van der Waals surface area contributed by atoms with Crippen molar-refractivity contribution in [2.24, 2.45) is 16.8 Å². The smallest absolute Gasteiger partial charge is 0.151 e. The molecule has 0 spiro atoms. The first-order valence-corrected chi connectivity index (χ1v) is 4.86. The topological polar surface area (TPSA) is 50.4 Å². The van der Waals surface area contributed by atoms with Crippen LogP contribution >= 0.6 is 0 Å². The fourth-order valence-corrected chi connectivity index (χ4v) is 1.18. The van der Waals surface area contributed by atoms with Gasteiger partial charge in [-0.25, -0.2) is 15.2 Å². The molecule has 0 saturated heterocycles. The van der Waals surface area contributed by atoms with Gasteiger partial charge in [0, 0.05) is 5.92 Å². The molecule has 1 aromatic rings. The Kier molecular flexibility index (Phi) is 3.80. The van der Waals surface area contributed by atoms with Crippen LogP contribution in [0.4, 0.5) is 10.1 Å². The zero-order valence-corrected chi connectivity index (χ0v) is 9.21. The summed E-state index contributed by atoms with van der Waals surface area (Å²) in [4.78, 5) is 4.14. The molecule has 0 aliphatic carbocycles. The van der Waals surface area contributed by atoms with E-state index in [1.807, 2.05) is 13.8 Å². The molecule has 4 heteroatoms. The lowest BCUT2D eigenvalue weighted by atomic mass is 10.2. The lowest BCUT2D eigenvalue weighted by Crippen LogP contribution is -2.33. The van der Waals surface area contributed by atoms with Crippen LogP contribution in [-0.4, -0.2) is 5.84 Å². The molecule has 82 valence electrons. The van der Waals surface area contributed by atoms with Crippen molar-refractivity contribution < 1.29 is 4.39 Å². The monoisotopic (exact) mass is 209 g/mol. The molecule has 0 aliphatic rings. The van der Waals surface area contributed by atoms with Crippen LogP contribution in [0.2, 0.25) is 0 Å². The quantitative estimate of drug-likeness (QED) is 0.340. The SMILES string of the molecule is Cc1cccc(N=C(NN)C(C)C)c1F. The van der Waals surface area contributed by atoms with Crippen LogP contribution in [0.3, 0.4) is 0 Å². The summed E-state index contributed by atoms with van der Waals surface area (Å²) in [6.07, 6.45) is 0. The van der Waals surface area contributed by atoms with Gasteiger partial charge >= 0.3 is 0 Å². The second kappa shape index (κ2) is 4.89. The molecule has 0 aromatic heterocycles. The highest BCUT2D eigenvalue weighted by molar-refractivity contribution is 5.86. The summed E-state index contributed by atoms with van der Waals surface area (Å²) in [6, 6.07) is 5.10. The number of aliphatic imine (C=N–C) groups is 1. The fourth-order valence-electron chi connectivity index (χ4n) is 1.18. The van der Waals surface area contributed by atoms with Crippen molar-refractivity contribution in [3.05, 3.63) is 29.6 Å². The fraction of sp³-hybridized carbons (Fsp3) is 0.364. The van der Waals surface area contributed by atoms with E-state index in [-0.39, 0.29) is 11.7 Å². The number of hydrogen-bond donors (Lipinski definition) is 2. The van der Waals surface area contributed by atoms with Gasteiger partial charge in [0.05, 0.1) is 0 Å². The van der Waals surface area contributed by atoms with Gasteiger partial charge in [-0.15, -0.1) is 0 Å². The highest BCUT2D eigenvalue weighted by Crippen LogP contribution is 2.20. The molecule has 0 fully saturated rings. The van der Waals surface area contributed by atoms with Crippen LogP contribution in [-0.2, 0) is 0 Å². The van der Waals surface area contributed by atoms with E-state index in [9.17, 15) is 4.39 Å². The number of nitrogens with two attached hydrogens (primary N) is 1. The molecule has 0 bridgehead atoms. The van der Waals surface area contributed by atoms with Crippen molar-refractivity contribution in [3.8, 4) is 0 Å². The summed E-state index contributed by atoms with van der Waals surface area (Å²) in [5.41, 5.74) is 3.38. The zero-order valence-electron chi connectivity index (χ0n) is 9.21. The first kappa shape index (κ1) is 11.7. The zero-order chi connectivity index (χ0) is 11.4. The summed E-state index contributed by atoms with van der Waals surface area (Å²) in [6.45, 7) is 5.58. The Bertz CT molecular complexity index is 372. The Hall–Kier alpha value is -1.42. The second-order valence-electron chi connectivity index (χ2n) is 3.70. The molecule has 0 radical (unpaired) electrons. The normalized spacial score (nSPS) is 12.0. The third-order valence-corrected chi connectivity index (χ3v) is 2.11. The van der Waals surface area contributed by atoms with Gasteiger partial charge in [0.25, 0.3) is 0 Å². The number of amidine groups is 1. The second-order valence-corrected chi connectivity index (χ2v) is 3.70. The molecule has 0 heterocycles. The molecule has 1 rings (SSSR count). The van der Waals surface area contributed by atoms with Crippen LogP contribution in [0.15, 0.2) is 23.2 Å². The van der Waals surface area contributed by atoms with Crippen molar-refractivity contribution in [2.75, 3.05) is 0 Å². The maximum atomic E-state index is 13.6. The Morgan fingerprint density at radius 3 is 2.67 bits per heavy atom. The Labute approximate surface area is 89.2 Å². The summed E-state index contributed by atoms with van der Waals surface area (Å²) < 4.78 is 13.6. The lowest BCUT2D eigenvalue weighted by molar-refractivity contribution is 0.620. The van der Waals surface area contributed by atoms with E-state index in [0.29, 0.717) is 17.1 Å². The van der Waals surface area contributed by atoms with Crippen molar-refractivity contribution in [1.82, 2.24) is 5.43 Å². The largest absolute Gasteiger partial charge is 0.312 e. The van der Waals surface area contributed by atoms with E-state index in [0.717, 1.165) is 0 Å². The maximum Gasteiger partial charge on any atom is 0.151 e. The number of aryl methyl sites for hydroxylation is 1. The van der Waals surface area contributed by atoms with E-state index < -0.39 is 0 Å². The third kappa shape index (κ3) is 2.76. The van der Waals surface area contributed by atoms with E-state index in [1.54, 1.807) is 25.1 Å². The van der Waals surface area contributed by atoms with Gasteiger partial charge in [-0.2, -0.15) is 0 Å². The molecule has 0 saturated carbocycles. The molecular weight excluding hydrogens is 193 g/mol. The van der Waals surface area contributed by atoms with Gasteiger partial charge in [0.1, 0.15) is 11.5 Å². The average molecular weight is 209 g/mol. The lowest BCUT2D eigenvalue weighted by Gasteiger charge is -2.09. The number of nitrogens with one attached hydrogen (secondary N) is 1. The first-order valence-electron chi connectivity index (χ1n) is 4.86. The van der Waals surface area contributed by atoms with Gasteiger partial charge in [-0.3, -0.25) is 0 Å². The number of halogens is 1. The minimum absolute atomic E-state index is 0.134. The molecule has 3 N–H and O–H groups in total. The molecule has 0 unspecified atom stereocenters. The van der Waals surface area contributed by atoms with Crippen molar-refractivity contribution in [3.63, 3.8) is 0 Å². The number of nitrogens with zero attached hydrogens (tertiary/aromatic N) is 1. The van der Waals surface area contributed by atoms with Crippen molar-refractivity contribution in [2.45, 2.75) is 20.8 Å². The maximum absolute atomic E-state index is 13.6. The van der Waals surface area contributed by atoms with Gasteiger partial charge in [0.15, 0.2) is 5.82 Å². The Morgan fingerprint density at radius 1 is 1.47 bits per heavy atom. The molecule has 0 aliphatic heterocycles. The third-order valence-electron chi connectivity index (χ3n) is 2.11. The van der Waals surface area contributed by atoms with Gasteiger partial charge in [-0.1, -0.05) is 26.0 Å². The van der Waals surface area contributed by atoms with Crippen LogP contribution in [0.5, 0.6) is 0 Å². The Morgan fingerprint density at radius 2 is 2.13 bits per heavy atom. The molecule has 15 heavy (non-hydrogen) atoms. The van der Waals surface area contributed by atoms with Crippen LogP contribution in [0, 0.1) is 18.7 Å². The van der Waals surface area contributed by atoms with Gasteiger partial charge in [0.2, 0.25) is 0 Å². The van der Waals surface area contributed by atoms with Crippen LogP contribution in [0.1, 0.15) is 19.4 Å². The van der Waals surface area contributed by atoms with Crippen LogP contribution < -0.4 is 11.3 Å². The molecule has 0 amide bonds. The van der Waals surface area contributed by atoms with Gasteiger partial charge in [-0.05, 0) is 18.6 Å². The average Bonchev–Trinajstić information content (AvgIpc) is 2.19. The number of hydrazine groups is 1. The molecule has 0 atom stereocenters. The summed E-state index contributed by atoms with van der Waals surface area (Å²) in [5, 5.41) is 0. The van der Waals surface area contributed by atoms with E-state index in [4.69, 9.17) is 5.84 Å². The van der Waals surface area contributed by atoms with Crippen molar-refractivity contribution >= 4 is 11.5 Å². The van der Waals surface area contributed by atoms with Crippen molar-refractivity contribution in [1.29, 1.82) is 0 Å². The highest BCUT2D eigenvalue weighted by atomic mass is 19.1. The van der Waals surface area contributed by atoms with Gasteiger partial charge < -0.3 is 5.43 Å². The molecular formula is C11H16FN3. The minimum atomic E-state index is -0.300. The molecule has 1 aromatic carbocycles. The number of hydrogen-bond acceptors (Lipinski definition) is 2. The summed E-state index contributed by atoms with van der Waals surface area (Å²) in [7, 11) is 0. The molecule has 3 nitrogen and oxygen atoms in total. The predicted octanol–water partition coefficient (Wildman–Crippen LogP) is 2.28. The van der Waals surface area contributed by atoms with E-state index in [1.165, 1.54) is 0 Å². The summed E-state index contributed by atoms with van der Waals surface area (Å²) in [5.74, 6) is 5.71. The van der Waals surface area contributed by atoms with E-state index in [2.05, 4.69) is 10.4 Å². The predicted molar refractivity (Wildman–Crippen MR) is 60.4 cm³/mol. The van der Waals surface area contributed by atoms with E-state index >= 15 is 0 Å². The highest BCUT2D eigenvalue weighted by Gasteiger charge is 2.07. The Balaban J connectivity index is 3.11. The van der Waals surface area contributed by atoms with Crippen LogP contribution in [0.25, 0.3) is 0 Å².